The Morgan fingerprint density at radius 2 is 1.75 bits per heavy atom. The molecule has 0 bridgehead atoms. The molecule has 9 heteroatoms. The number of aromatic nitrogens is 1. The van der Waals surface area contributed by atoms with Crippen LogP contribution in [0, 0.1) is 17.5 Å². The highest BCUT2D eigenvalue weighted by atomic mass is 32.2. The molecule has 3 aromatic rings. The molecule has 146 valence electrons. The first-order valence-electron chi connectivity index (χ1n) is 8.46. The van der Waals surface area contributed by atoms with Crippen LogP contribution in [0.25, 0.3) is 5.69 Å². The quantitative estimate of drug-likeness (QED) is 0.659. The second-order valence-corrected chi connectivity index (χ2v) is 8.19. The van der Waals surface area contributed by atoms with E-state index in [1.807, 2.05) is 0 Å². The summed E-state index contributed by atoms with van der Waals surface area (Å²) < 4.78 is 71.6. The number of benzene rings is 2. The van der Waals surface area contributed by atoms with Gasteiger partial charge < -0.3 is 9.67 Å². The van der Waals surface area contributed by atoms with Crippen LogP contribution in [-0.2, 0) is 10.0 Å². The van der Waals surface area contributed by atoms with Gasteiger partial charge in [0.05, 0.1) is 16.6 Å². The highest BCUT2D eigenvalue weighted by molar-refractivity contribution is 7.92. The highest BCUT2D eigenvalue weighted by Gasteiger charge is 2.41. The van der Waals surface area contributed by atoms with E-state index >= 15 is 0 Å². The van der Waals surface area contributed by atoms with E-state index in [2.05, 4.69) is 0 Å². The lowest BCUT2D eigenvalue weighted by atomic mass is 10.1. The predicted molar refractivity (Wildman–Crippen MR) is 96.4 cm³/mol. The second kappa shape index (κ2) is 6.30. The van der Waals surface area contributed by atoms with Gasteiger partial charge in [-0.3, -0.25) is 4.31 Å². The van der Waals surface area contributed by atoms with Crippen molar-refractivity contribution in [2.75, 3.05) is 4.31 Å². The Bertz CT molecular complexity index is 1170. The fourth-order valence-corrected chi connectivity index (χ4v) is 5.23. The minimum absolute atomic E-state index is 0.127. The number of halogens is 3. The summed E-state index contributed by atoms with van der Waals surface area (Å²) >= 11 is 0. The highest BCUT2D eigenvalue weighted by Crippen LogP contribution is 2.45. The van der Waals surface area contributed by atoms with E-state index in [0.717, 1.165) is 4.31 Å². The van der Waals surface area contributed by atoms with Gasteiger partial charge in [0.2, 0.25) is 0 Å². The summed E-state index contributed by atoms with van der Waals surface area (Å²) in [5.41, 5.74) is -0.228. The fourth-order valence-electron chi connectivity index (χ4n) is 3.53. The number of sulfonamides is 1. The number of anilines is 1. The maximum absolute atomic E-state index is 14.7. The second-order valence-electron chi connectivity index (χ2n) is 6.38. The number of hydrogen-bond acceptors (Lipinski definition) is 3. The molecule has 2 heterocycles. The van der Waals surface area contributed by atoms with Gasteiger partial charge in [-0.15, -0.1) is 0 Å². The SMILES string of the molecule is CCC1c2cccn2-c2c(cc(F)c(F)c2F)N1S(=O)(=O)c1ccc(O)cc1. The molecule has 0 aliphatic carbocycles. The number of rotatable bonds is 3. The largest absolute Gasteiger partial charge is 0.508 e. The van der Waals surface area contributed by atoms with Gasteiger partial charge in [-0.05, 0) is 42.8 Å². The van der Waals surface area contributed by atoms with Gasteiger partial charge in [0.15, 0.2) is 17.5 Å². The zero-order valence-electron chi connectivity index (χ0n) is 14.6. The molecule has 2 aromatic carbocycles. The van der Waals surface area contributed by atoms with Crippen LogP contribution in [0.2, 0.25) is 0 Å². The van der Waals surface area contributed by atoms with E-state index in [1.165, 1.54) is 35.0 Å². The van der Waals surface area contributed by atoms with Gasteiger partial charge in [-0.1, -0.05) is 6.92 Å². The summed E-state index contributed by atoms with van der Waals surface area (Å²) in [4.78, 5) is -0.167. The zero-order valence-corrected chi connectivity index (χ0v) is 15.4. The van der Waals surface area contributed by atoms with Crippen molar-refractivity contribution in [1.82, 2.24) is 4.57 Å². The molecule has 1 aliphatic heterocycles. The van der Waals surface area contributed by atoms with Crippen LogP contribution in [0.5, 0.6) is 5.75 Å². The number of phenols is 1. The van der Waals surface area contributed by atoms with Crippen LogP contribution < -0.4 is 4.31 Å². The van der Waals surface area contributed by atoms with Crippen LogP contribution in [0.15, 0.2) is 53.6 Å². The zero-order chi connectivity index (χ0) is 20.2. The topological polar surface area (TPSA) is 62.5 Å². The minimum atomic E-state index is -4.27. The summed E-state index contributed by atoms with van der Waals surface area (Å²) in [5, 5.41) is 9.44. The van der Waals surface area contributed by atoms with Gasteiger partial charge in [-0.25, -0.2) is 21.6 Å². The molecule has 1 aromatic heterocycles. The summed E-state index contributed by atoms with van der Waals surface area (Å²) in [6, 6.07) is 7.92. The van der Waals surface area contributed by atoms with Crippen molar-refractivity contribution in [1.29, 1.82) is 0 Å². The normalized spacial score (nSPS) is 16.0. The van der Waals surface area contributed by atoms with Gasteiger partial charge in [0.25, 0.3) is 10.0 Å². The fraction of sp³-hybridized carbons (Fsp3) is 0.158. The Morgan fingerprint density at radius 1 is 1.07 bits per heavy atom. The van der Waals surface area contributed by atoms with E-state index in [4.69, 9.17) is 0 Å². The Labute approximate surface area is 159 Å². The first-order chi connectivity index (χ1) is 13.3. The Hall–Kier alpha value is -2.94. The summed E-state index contributed by atoms with van der Waals surface area (Å²) in [6.07, 6.45) is 1.78. The lowest BCUT2D eigenvalue weighted by molar-refractivity contribution is 0.441. The standard InChI is InChI=1S/C19H15F3N2O3S/c1-2-14-15-4-3-9-23(15)19-16(10-13(20)17(21)18(19)22)24(14)28(26,27)12-7-5-11(25)6-8-12/h3-10,14,25H,2H2,1H3. The van der Waals surface area contributed by atoms with Crippen LogP contribution in [-0.4, -0.2) is 18.1 Å². The summed E-state index contributed by atoms with van der Waals surface area (Å²) in [5.74, 6) is -4.74. The molecular weight excluding hydrogens is 393 g/mol. The summed E-state index contributed by atoms with van der Waals surface area (Å²) in [6.45, 7) is 1.74. The monoisotopic (exact) mass is 408 g/mol. The Kier molecular flexibility index (Phi) is 4.15. The van der Waals surface area contributed by atoms with E-state index in [9.17, 15) is 26.7 Å². The van der Waals surface area contributed by atoms with E-state index < -0.39 is 33.5 Å². The molecule has 1 N–H and O–H groups in total. The molecule has 0 radical (unpaired) electrons. The van der Waals surface area contributed by atoms with Gasteiger partial charge in [0.1, 0.15) is 11.4 Å². The van der Waals surface area contributed by atoms with Crippen molar-refractivity contribution in [3.63, 3.8) is 0 Å². The maximum atomic E-state index is 14.7. The first kappa shape index (κ1) is 18.4. The van der Waals surface area contributed by atoms with Crippen molar-refractivity contribution in [3.05, 3.63) is 71.8 Å². The third-order valence-electron chi connectivity index (χ3n) is 4.78. The van der Waals surface area contributed by atoms with Gasteiger partial charge >= 0.3 is 0 Å². The molecule has 0 fully saturated rings. The number of phenolic OH excluding ortho intramolecular Hbond substituents is 1. The lowest BCUT2D eigenvalue weighted by Gasteiger charge is -2.38. The van der Waals surface area contributed by atoms with Crippen molar-refractivity contribution < 1.29 is 26.7 Å². The van der Waals surface area contributed by atoms with Crippen molar-refractivity contribution in [2.45, 2.75) is 24.3 Å². The van der Waals surface area contributed by atoms with E-state index in [1.54, 1.807) is 19.1 Å². The van der Waals surface area contributed by atoms with Crippen LogP contribution in [0.4, 0.5) is 18.9 Å². The molecule has 28 heavy (non-hydrogen) atoms. The molecule has 1 unspecified atom stereocenters. The van der Waals surface area contributed by atoms with Gasteiger partial charge in [-0.2, -0.15) is 0 Å². The molecule has 5 nitrogen and oxygen atoms in total. The Balaban J connectivity index is 2.04. The molecule has 1 atom stereocenters. The molecule has 0 saturated carbocycles. The number of nitrogens with zero attached hydrogens (tertiary/aromatic N) is 2. The lowest BCUT2D eigenvalue weighted by Crippen LogP contribution is -2.39. The van der Waals surface area contributed by atoms with Crippen LogP contribution in [0.1, 0.15) is 25.1 Å². The number of aromatic hydroxyl groups is 1. The third kappa shape index (κ3) is 2.50. The smallest absolute Gasteiger partial charge is 0.265 e. The van der Waals surface area contributed by atoms with E-state index in [0.29, 0.717) is 18.2 Å². The van der Waals surface area contributed by atoms with Crippen molar-refractivity contribution in [3.8, 4) is 11.4 Å². The van der Waals surface area contributed by atoms with Crippen LogP contribution in [0.3, 0.4) is 0 Å². The average molecular weight is 408 g/mol. The maximum Gasteiger partial charge on any atom is 0.265 e. The average Bonchev–Trinajstić information content (AvgIpc) is 3.14. The molecular formula is C19H15F3N2O3S. The Morgan fingerprint density at radius 3 is 2.39 bits per heavy atom. The molecule has 0 spiro atoms. The van der Waals surface area contributed by atoms with Crippen molar-refractivity contribution in [2.24, 2.45) is 0 Å². The first-order valence-corrected chi connectivity index (χ1v) is 9.90. The predicted octanol–water partition coefficient (Wildman–Crippen LogP) is 4.26. The molecule has 4 rings (SSSR count). The molecule has 1 aliphatic rings. The van der Waals surface area contributed by atoms with Gasteiger partial charge in [0, 0.05) is 18.0 Å². The van der Waals surface area contributed by atoms with Crippen molar-refractivity contribution >= 4 is 15.7 Å². The van der Waals surface area contributed by atoms with E-state index in [-0.39, 0.29) is 22.0 Å². The molecule has 0 amide bonds. The minimum Gasteiger partial charge on any atom is -0.508 e. The van der Waals surface area contributed by atoms with Crippen LogP contribution >= 0.6 is 0 Å². The molecule has 0 saturated heterocycles. The number of hydrogen-bond donors (Lipinski definition) is 1. The third-order valence-corrected chi connectivity index (χ3v) is 6.62. The number of fused-ring (bicyclic) bond motifs is 3. The summed E-state index contributed by atoms with van der Waals surface area (Å²) in [7, 11) is -4.27.